The van der Waals surface area contributed by atoms with E-state index >= 15 is 0 Å². The number of imide groups is 1. The van der Waals surface area contributed by atoms with Crippen molar-refractivity contribution in [3.05, 3.63) is 101 Å². The Morgan fingerprint density at radius 2 is 1.48 bits per heavy atom. The molecule has 1 aliphatic heterocycles. The molecular formula is C23H18N4O4. The molecule has 0 saturated carbocycles. The van der Waals surface area contributed by atoms with Gasteiger partial charge in [0, 0.05) is 18.8 Å². The maximum absolute atomic E-state index is 13.0. The number of aromatic nitrogens is 1. The van der Waals surface area contributed by atoms with E-state index in [2.05, 4.69) is 15.8 Å². The summed E-state index contributed by atoms with van der Waals surface area (Å²) in [6.45, 7) is 0. The standard InChI is InChI=1S/C23H18N4O4/c28-20(16-9-6-12-24-14-16)25-26-21(29)19(13-15-7-2-1-3-8-15)27-22(30)17-10-4-5-11-18(17)23(27)31/h1-12,14,19H,13H2,(H,25,28)(H,26,29)/t19-/m1/s1. The van der Waals surface area contributed by atoms with Gasteiger partial charge in [-0.15, -0.1) is 0 Å². The van der Waals surface area contributed by atoms with Crippen molar-refractivity contribution in [1.82, 2.24) is 20.7 Å². The minimum Gasteiger partial charge on any atom is -0.271 e. The van der Waals surface area contributed by atoms with Gasteiger partial charge in [-0.25, -0.2) is 0 Å². The minimum absolute atomic E-state index is 0.0981. The summed E-state index contributed by atoms with van der Waals surface area (Å²) in [6, 6.07) is 17.4. The second-order valence-corrected chi connectivity index (χ2v) is 6.92. The van der Waals surface area contributed by atoms with Crippen LogP contribution in [0, 0.1) is 0 Å². The number of carbonyl (C=O) groups excluding carboxylic acids is 4. The summed E-state index contributed by atoms with van der Waals surface area (Å²) in [7, 11) is 0. The van der Waals surface area contributed by atoms with Crippen molar-refractivity contribution in [2.75, 3.05) is 0 Å². The summed E-state index contributed by atoms with van der Waals surface area (Å²) in [6.07, 6.45) is 2.97. The van der Waals surface area contributed by atoms with E-state index in [1.165, 1.54) is 12.4 Å². The van der Waals surface area contributed by atoms with Gasteiger partial charge in [-0.05, 0) is 29.8 Å². The molecule has 154 valence electrons. The number of rotatable bonds is 5. The zero-order valence-corrected chi connectivity index (χ0v) is 16.3. The van der Waals surface area contributed by atoms with Gasteiger partial charge < -0.3 is 0 Å². The van der Waals surface area contributed by atoms with Crippen LogP contribution in [-0.4, -0.2) is 39.6 Å². The highest BCUT2D eigenvalue weighted by Gasteiger charge is 2.42. The van der Waals surface area contributed by atoms with Gasteiger partial charge in [0.05, 0.1) is 16.7 Å². The first kappa shape index (κ1) is 20.0. The van der Waals surface area contributed by atoms with Gasteiger partial charge >= 0.3 is 0 Å². The highest BCUT2D eigenvalue weighted by Crippen LogP contribution is 2.26. The number of pyridine rings is 1. The monoisotopic (exact) mass is 414 g/mol. The predicted octanol–water partition coefficient (Wildman–Crippen LogP) is 1.75. The normalized spacial score (nSPS) is 13.5. The van der Waals surface area contributed by atoms with Gasteiger partial charge in [0.25, 0.3) is 23.6 Å². The van der Waals surface area contributed by atoms with Crippen molar-refractivity contribution in [2.45, 2.75) is 12.5 Å². The van der Waals surface area contributed by atoms with Crippen LogP contribution in [0.25, 0.3) is 0 Å². The molecule has 8 nitrogen and oxygen atoms in total. The molecule has 2 heterocycles. The fourth-order valence-electron chi connectivity index (χ4n) is 3.40. The van der Waals surface area contributed by atoms with Crippen LogP contribution in [0.15, 0.2) is 79.1 Å². The molecule has 0 saturated heterocycles. The van der Waals surface area contributed by atoms with Gasteiger partial charge in [-0.1, -0.05) is 42.5 Å². The fourth-order valence-corrected chi connectivity index (χ4v) is 3.40. The van der Waals surface area contributed by atoms with E-state index in [1.807, 2.05) is 6.07 Å². The van der Waals surface area contributed by atoms with Crippen LogP contribution in [0.1, 0.15) is 36.6 Å². The summed E-state index contributed by atoms with van der Waals surface area (Å²) >= 11 is 0. The van der Waals surface area contributed by atoms with Crippen LogP contribution in [0.3, 0.4) is 0 Å². The zero-order chi connectivity index (χ0) is 21.8. The van der Waals surface area contributed by atoms with Crippen LogP contribution in [0.5, 0.6) is 0 Å². The van der Waals surface area contributed by atoms with Crippen LogP contribution < -0.4 is 10.9 Å². The van der Waals surface area contributed by atoms with Crippen LogP contribution in [0.4, 0.5) is 0 Å². The molecule has 4 amide bonds. The first-order valence-electron chi connectivity index (χ1n) is 9.57. The van der Waals surface area contributed by atoms with E-state index in [-0.39, 0.29) is 23.1 Å². The van der Waals surface area contributed by atoms with Crippen LogP contribution in [-0.2, 0) is 11.2 Å². The first-order valence-corrected chi connectivity index (χ1v) is 9.57. The number of fused-ring (bicyclic) bond motifs is 1. The Morgan fingerprint density at radius 1 is 0.839 bits per heavy atom. The van der Waals surface area contributed by atoms with E-state index < -0.39 is 29.7 Å². The Kier molecular flexibility index (Phi) is 5.53. The smallest absolute Gasteiger partial charge is 0.271 e. The molecular weight excluding hydrogens is 396 g/mol. The van der Waals surface area contributed by atoms with Gasteiger partial charge in [0.15, 0.2) is 0 Å². The van der Waals surface area contributed by atoms with Gasteiger partial charge in [-0.2, -0.15) is 0 Å². The average Bonchev–Trinajstić information content (AvgIpc) is 3.07. The maximum atomic E-state index is 13.0. The summed E-state index contributed by atoms with van der Waals surface area (Å²) in [5.74, 6) is -2.34. The summed E-state index contributed by atoms with van der Waals surface area (Å²) in [5, 5.41) is 0. The highest BCUT2D eigenvalue weighted by molar-refractivity contribution is 6.22. The van der Waals surface area contributed by atoms with Crippen LogP contribution in [0.2, 0.25) is 0 Å². The van der Waals surface area contributed by atoms with Crippen molar-refractivity contribution >= 4 is 23.6 Å². The molecule has 0 fully saturated rings. The van der Waals surface area contributed by atoms with Crippen molar-refractivity contribution in [3.63, 3.8) is 0 Å². The number of amides is 4. The van der Waals surface area contributed by atoms with Crippen molar-refractivity contribution < 1.29 is 19.2 Å². The summed E-state index contributed by atoms with van der Waals surface area (Å²) in [5.41, 5.74) is 6.16. The molecule has 2 aromatic carbocycles. The molecule has 3 aromatic rings. The molecule has 0 aliphatic carbocycles. The third kappa shape index (κ3) is 4.04. The van der Waals surface area contributed by atoms with E-state index in [9.17, 15) is 19.2 Å². The molecule has 0 spiro atoms. The van der Waals surface area contributed by atoms with Crippen molar-refractivity contribution in [2.24, 2.45) is 0 Å². The van der Waals surface area contributed by atoms with E-state index in [4.69, 9.17) is 0 Å². The Balaban J connectivity index is 1.58. The van der Waals surface area contributed by atoms with E-state index in [0.717, 1.165) is 10.5 Å². The average molecular weight is 414 g/mol. The second-order valence-electron chi connectivity index (χ2n) is 6.92. The topological polar surface area (TPSA) is 108 Å². The Bertz CT molecular complexity index is 1110. The largest absolute Gasteiger partial charge is 0.271 e. The number of hydrogen-bond acceptors (Lipinski definition) is 5. The first-order chi connectivity index (χ1) is 15.1. The van der Waals surface area contributed by atoms with Crippen molar-refractivity contribution in [1.29, 1.82) is 0 Å². The van der Waals surface area contributed by atoms with E-state index in [1.54, 1.807) is 60.7 Å². The summed E-state index contributed by atoms with van der Waals surface area (Å²) < 4.78 is 0. The molecule has 1 aromatic heterocycles. The molecule has 0 radical (unpaired) electrons. The molecule has 0 bridgehead atoms. The number of hydrogen-bond donors (Lipinski definition) is 2. The maximum Gasteiger partial charge on any atom is 0.271 e. The Labute approximate surface area is 177 Å². The van der Waals surface area contributed by atoms with E-state index in [0.29, 0.717) is 0 Å². The number of nitrogens with zero attached hydrogens (tertiary/aromatic N) is 2. The van der Waals surface area contributed by atoms with Gasteiger partial charge in [0.2, 0.25) is 0 Å². The summed E-state index contributed by atoms with van der Waals surface area (Å²) in [4.78, 5) is 55.9. The fraction of sp³-hybridized carbons (Fsp3) is 0.0870. The molecule has 31 heavy (non-hydrogen) atoms. The lowest BCUT2D eigenvalue weighted by Crippen LogP contribution is -2.54. The lowest BCUT2D eigenvalue weighted by molar-refractivity contribution is -0.125. The third-order valence-corrected chi connectivity index (χ3v) is 4.93. The molecule has 8 heteroatoms. The molecule has 2 N–H and O–H groups in total. The Hall–Kier alpha value is -4.33. The number of carbonyl (C=O) groups is 4. The minimum atomic E-state index is -1.15. The third-order valence-electron chi connectivity index (χ3n) is 4.93. The van der Waals surface area contributed by atoms with Crippen LogP contribution >= 0.6 is 0 Å². The van der Waals surface area contributed by atoms with Crippen molar-refractivity contribution in [3.8, 4) is 0 Å². The lowest BCUT2D eigenvalue weighted by atomic mass is 10.0. The molecule has 1 atom stereocenters. The Morgan fingerprint density at radius 3 is 2.10 bits per heavy atom. The molecule has 4 rings (SSSR count). The predicted molar refractivity (Wildman–Crippen MR) is 111 cm³/mol. The SMILES string of the molecule is O=C(NNC(=O)[C@@H](Cc1ccccc1)N1C(=O)c2ccccc2C1=O)c1cccnc1. The number of benzene rings is 2. The van der Waals surface area contributed by atoms with Gasteiger partial charge in [-0.3, -0.25) is 39.9 Å². The zero-order valence-electron chi connectivity index (χ0n) is 16.3. The lowest BCUT2D eigenvalue weighted by Gasteiger charge is -2.25. The second kappa shape index (κ2) is 8.58. The highest BCUT2D eigenvalue weighted by atomic mass is 16.2. The molecule has 1 aliphatic rings. The van der Waals surface area contributed by atoms with Gasteiger partial charge in [0.1, 0.15) is 6.04 Å². The quantitative estimate of drug-likeness (QED) is 0.488. The number of nitrogens with one attached hydrogen (secondary N) is 2. The number of hydrazine groups is 1. The molecule has 0 unspecified atom stereocenters.